The van der Waals surface area contributed by atoms with E-state index in [-0.39, 0.29) is 11.9 Å². The molecule has 4 nitrogen and oxygen atoms in total. The van der Waals surface area contributed by atoms with Crippen LogP contribution in [0.15, 0.2) is 60.7 Å². The molecule has 150 valence electrons. The maximum Gasteiger partial charge on any atom is 0.251 e. The second-order valence-corrected chi connectivity index (χ2v) is 8.35. The fourth-order valence-corrected chi connectivity index (χ4v) is 4.72. The smallest absolute Gasteiger partial charge is 0.251 e. The lowest BCUT2D eigenvalue weighted by Crippen LogP contribution is -2.30. The quantitative estimate of drug-likeness (QED) is 0.394. The van der Waals surface area contributed by atoms with E-state index in [0.717, 1.165) is 30.3 Å². The number of aromatic amines is 1. The van der Waals surface area contributed by atoms with Crippen LogP contribution in [0.5, 0.6) is 0 Å². The molecule has 2 N–H and O–H groups in total. The molecule has 1 aliphatic rings. The topological polar surface area (TPSA) is 57.8 Å². The highest BCUT2D eigenvalue weighted by Crippen LogP contribution is 2.34. The van der Waals surface area contributed by atoms with E-state index in [1.54, 1.807) is 24.3 Å². The molecule has 1 aliphatic carbocycles. The number of halogens is 2. The second kappa shape index (κ2) is 7.78. The number of nitrogens with one attached hydrogen (secondary N) is 2. The summed E-state index contributed by atoms with van der Waals surface area (Å²) in [5, 5.41) is 4.24. The van der Waals surface area contributed by atoms with Crippen molar-refractivity contribution in [3.05, 3.63) is 87.4 Å². The first-order valence-electron chi connectivity index (χ1n) is 9.93. The molecule has 1 atom stereocenters. The largest absolute Gasteiger partial charge is 0.345 e. The molecule has 3 aromatic carbocycles. The Morgan fingerprint density at radius 2 is 1.83 bits per heavy atom. The van der Waals surface area contributed by atoms with E-state index in [1.807, 2.05) is 18.2 Å². The Balaban J connectivity index is 1.44. The zero-order chi connectivity index (χ0) is 20.7. The SMILES string of the molecule is O=C(NC1CCCc2ccccc21)c1ccc2nc(-c3c(Cl)cccc3Cl)[nH]c2c1. The number of H-pyrrole nitrogens is 1. The van der Waals surface area contributed by atoms with Crippen LogP contribution in [-0.2, 0) is 6.42 Å². The van der Waals surface area contributed by atoms with Gasteiger partial charge in [-0.1, -0.05) is 53.5 Å². The van der Waals surface area contributed by atoms with Crippen LogP contribution in [0.3, 0.4) is 0 Å². The Labute approximate surface area is 184 Å². The van der Waals surface area contributed by atoms with Crippen molar-refractivity contribution in [3.63, 3.8) is 0 Å². The lowest BCUT2D eigenvalue weighted by molar-refractivity contribution is 0.0933. The van der Waals surface area contributed by atoms with Crippen LogP contribution in [0.4, 0.5) is 0 Å². The number of carbonyl (C=O) groups excluding carboxylic acids is 1. The molecule has 6 heteroatoms. The summed E-state index contributed by atoms with van der Waals surface area (Å²) in [4.78, 5) is 20.8. The maximum atomic E-state index is 13.0. The number of aryl methyl sites for hydroxylation is 1. The minimum Gasteiger partial charge on any atom is -0.345 e. The number of imidazole rings is 1. The molecule has 0 aliphatic heterocycles. The van der Waals surface area contributed by atoms with Crippen molar-refractivity contribution in [1.82, 2.24) is 15.3 Å². The van der Waals surface area contributed by atoms with Crippen LogP contribution in [0.25, 0.3) is 22.4 Å². The monoisotopic (exact) mass is 435 g/mol. The van der Waals surface area contributed by atoms with Crippen molar-refractivity contribution >= 4 is 40.1 Å². The van der Waals surface area contributed by atoms with E-state index in [0.29, 0.717) is 27.0 Å². The first-order valence-corrected chi connectivity index (χ1v) is 10.7. The fraction of sp³-hybridized carbons (Fsp3) is 0.167. The highest BCUT2D eigenvalue weighted by atomic mass is 35.5. The van der Waals surface area contributed by atoms with Gasteiger partial charge in [-0.3, -0.25) is 4.79 Å². The number of nitrogens with zero attached hydrogens (tertiary/aromatic N) is 1. The standard InChI is InChI=1S/C24H19Cl2N3O/c25-17-8-4-9-18(26)22(17)23-27-20-12-11-15(13-21(20)28-23)24(30)29-19-10-3-6-14-5-1-2-7-16(14)19/h1-2,4-5,7-9,11-13,19H,3,6,10H2,(H,27,28)(H,29,30). The average Bonchev–Trinajstić information content (AvgIpc) is 3.16. The van der Waals surface area contributed by atoms with Crippen molar-refractivity contribution in [3.8, 4) is 11.4 Å². The van der Waals surface area contributed by atoms with Gasteiger partial charge >= 0.3 is 0 Å². The van der Waals surface area contributed by atoms with Gasteiger partial charge in [0.2, 0.25) is 0 Å². The van der Waals surface area contributed by atoms with E-state index in [2.05, 4.69) is 33.5 Å². The van der Waals surface area contributed by atoms with Gasteiger partial charge in [-0.15, -0.1) is 0 Å². The summed E-state index contributed by atoms with van der Waals surface area (Å²) in [7, 11) is 0. The average molecular weight is 436 g/mol. The predicted molar refractivity (Wildman–Crippen MR) is 121 cm³/mol. The van der Waals surface area contributed by atoms with Crippen LogP contribution >= 0.6 is 23.2 Å². The molecule has 1 heterocycles. The minimum absolute atomic E-state index is 0.0393. The lowest BCUT2D eigenvalue weighted by atomic mass is 9.87. The van der Waals surface area contributed by atoms with E-state index in [9.17, 15) is 4.79 Å². The molecule has 0 fully saturated rings. The molecule has 1 amide bonds. The molecule has 30 heavy (non-hydrogen) atoms. The molecule has 4 aromatic rings. The first kappa shape index (κ1) is 19.2. The second-order valence-electron chi connectivity index (χ2n) is 7.53. The molecule has 0 saturated carbocycles. The summed E-state index contributed by atoms with van der Waals surface area (Å²) in [6.45, 7) is 0. The lowest BCUT2D eigenvalue weighted by Gasteiger charge is -2.26. The number of carbonyl (C=O) groups is 1. The van der Waals surface area contributed by atoms with Crippen LogP contribution in [-0.4, -0.2) is 15.9 Å². The van der Waals surface area contributed by atoms with Crippen molar-refractivity contribution in [2.75, 3.05) is 0 Å². The number of benzene rings is 3. The molecule has 0 radical (unpaired) electrons. The van der Waals surface area contributed by atoms with Crippen molar-refractivity contribution in [1.29, 1.82) is 0 Å². The number of rotatable bonds is 3. The summed E-state index contributed by atoms with van der Waals surface area (Å²) in [6, 6.07) is 19.2. The molecule has 1 aromatic heterocycles. The molecule has 0 saturated heterocycles. The molecular weight excluding hydrogens is 417 g/mol. The maximum absolute atomic E-state index is 13.0. The molecule has 5 rings (SSSR count). The Kier molecular flexibility index (Phi) is 4.97. The Bertz CT molecular complexity index is 1240. The number of hydrogen-bond acceptors (Lipinski definition) is 2. The van der Waals surface area contributed by atoms with Crippen LogP contribution in [0, 0.1) is 0 Å². The summed E-state index contributed by atoms with van der Waals surface area (Å²) in [6.07, 6.45) is 3.09. The molecule has 1 unspecified atom stereocenters. The van der Waals surface area contributed by atoms with Gasteiger partial charge in [0.15, 0.2) is 0 Å². The van der Waals surface area contributed by atoms with E-state index >= 15 is 0 Å². The third-order valence-corrected chi connectivity index (χ3v) is 6.25. The third kappa shape index (κ3) is 3.47. The highest BCUT2D eigenvalue weighted by molar-refractivity contribution is 6.39. The van der Waals surface area contributed by atoms with Crippen molar-refractivity contribution in [2.24, 2.45) is 0 Å². The minimum atomic E-state index is -0.0921. The third-order valence-electron chi connectivity index (χ3n) is 5.62. The van der Waals surface area contributed by atoms with Gasteiger partial charge < -0.3 is 10.3 Å². The number of aromatic nitrogens is 2. The molecule has 0 bridgehead atoms. The summed E-state index contributed by atoms with van der Waals surface area (Å²) >= 11 is 12.6. The van der Waals surface area contributed by atoms with Crippen LogP contribution in [0.2, 0.25) is 10.0 Å². The van der Waals surface area contributed by atoms with Gasteiger partial charge in [0.05, 0.1) is 32.7 Å². The predicted octanol–water partition coefficient (Wildman–Crippen LogP) is 6.34. The number of hydrogen-bond donors (Lipinski definition) is 2. The number of amides is 1. The summed E-state index contributed by atoms with van der Waals surface area (Å²) < 4.78 is 0. The van der Waals surface area contributed by atoms with Gasteiger partial charge in [-0.2, -0.15) is 0 Å². The van der Waals surface area contributed by atoms with E-state index in [1.165, 1.54) is 11.1 Å². The zero-order valence-corrected chi connectivity index (χ0v) is 17.6. The van der Waals surface area contributed by atoms with Gasteiger partial charge in [-0.25, -0.2) is 4.98 Å². The normalized spacial score (nSPS) is 15.7. The zero-order valence-electron chi connectivity index (χ0n) is 16.1. The molecular formula is C24H19Cl2N3O. The van der Waals surface area contributed by atoms with E-state index < -0.39 is 0 Å². The van der Waals surface area contributed by atoms with Crippen molar-refractivity contribution < 1.29 is 4.79 Å². The van der Waals surface area contributed by atoms with Crippen LogP contribution < -0.4 is 5.32 Å². The Morgan fingerprint density at radius 3 is 2.67 bits per heavy atom. The number of fused-ring (bicyclic) bond motifs is 2. The Hall–Kier alpha value is -2.82. The van der Waals surface area contributed by atoms with Gasteiger partial charge in [0.25, 0.3) is 5.91 Å². The first-order chi connectivity index (χ1) is 14.6. The van der Waals surface area contributed by atoms with Gasteiger partial charge in [-0.05, 0) is 60.7 Å². The molecule has 0 spiro atoms. The van der Waals surface area contributed by atoms with Gasteiger partial charge in [0, 0.05) is 5.56 Å². The fourth-order valence-electron chi connectivity index (χ4n) is 4.14. The highest BCUT2D eigenvalue weighted by Gasteiger charge is 2.22. The van der Waals surface area contributed by atoms with E-state index in [4.69, 9.17) is 23.2 Å². The van der Waals surface area contributed by atoms with Gasteiger partial charge in [0.1, 0.15) is 5.82 Å². The Morgan fingerprint density at radius 1 is 1.03 bits per heavy atom. The van der Waals surface area contributed by atoms with Crippen LogP contribution in [0.1, 0.15) is 40.4 Å². The summed E-state index contributed by atoms with van der Waals surface area (Å²) in [5.74, 6) is 0.491. The summed E-state index contributed by atoms with van der Waals surface area (Å²) in [5.41, 5.74) is 5.29. The van der Waals surface area contributed by atoms with Crippen molar-refractivity contribution in [2.45, 2.75) is 25.3 Å².